The first kappa shape index (κ1) is 25.6. The highest BCUT2D eigenvalue weighted by molar-refractivity contribution is 7.89. The number of carbonyl (C=O) groups is 1. The molecule has 0 bridgehead atoms. The molecule has 1 amide bonds. The quantitative estimate of drug-likeness (QED) is 0.347. The first-order valence-electron chi connectivity index (χ1n) is 9.46. The van der Waals surface area contributed by atoms with Crippen LogP contribution in [0.1, 0.15) is 5.56 Å². The number of methoxy groups -OCH3 is 1. The molecule has 3 rings (SSSR count). The summed E-state index contributed by atoms with van der Waals surface area (Å²) in [6, 6.07) is 14.6. The van der Waals surface area contributed by atoms with Crippen molar-refractivity contribution in [1.29, 1.82) is 0 Å². The lowest BCUT2D eigenvalue weighted by Crippen LogP contribution is -2.45. The molecule has 2 N–H and O–H groups in total. The molecule has 0 aliphatic heterocycles. The van der Waals surface area contributed by atoms with Crippen molar-refractivity contribution < 1.29 is 17.9 Å². The van der Waals surface area contributed by atoms with Gasteiger partial charge in [0.15, 0.2) is 0 Å². The Bertz CT molecular complexity index is 1270. The predicted molar refractivity (Wildman–Crippen MR) is 132 cm³/mol. The molecule has 0 aliphatic rings. The minimum absolute atomic E-state index is 0.0781. The second-order valence-electron chi connectivity index (χ2n) is 6.90. The van der Waals surface area contributed by atoms with Gasteiger partial charge in [0.1, 0.15) is 11.8 Å². The summed E-state index contributed by atoms with van der Waals surface area (Å²) in [5, 5.41) is 3.29. The first-order valence-corrected chi connectivity index (χ1v) is 12.5. The number of carbonyl (C=O) groups excluding carboxylic acids is 1. The molecular formula is C22H18Cl4N2O4S. The summed E-state index contributed by atoms with van der Waals surface area (Å²) in [6.45, 7) is 0. The van der Waals surface area contributed by atoms with Gasteiger partial charge in [0.05, 0.1) is 37.8 Å². The molecule has 0 aromatic heterocycles. The number of ether oxygens (including phenoxy) is 1. The molecule has 3 aromatic rings. The monoisotopic (exact) mass is 546 g/mol. The largest absolute Gasteiger partial charge is 0.495 e. The molecule has 11 heteroatoms. The smallest absolute Gasteiger partial charge is 0.242 e. The van der Waals surface area contributed by atoms with Gasteiger partial charge >= 0.3 is 0 Å². The van der Waals surface area contributed by atoms with E-state index >= 15 is 0 Å². The van der Waals surface area contributed by atoms with Crippen LogP contribution in [-0.4, -0.2) is 27.5 Å². The van der Waals surface area contributed by atoms with E-state index in [1.807, 2.05) is 6.07 Å². The zero-order chi connectivity index (χ0) is 24.2. The van der Waals surface area contributed by atoms with Crippen LogP contribution in [0, 0.1) is 0 Å². The Morgan fingerprint density at radius 3 is 2.21 bits per heavy atom. The fourth-order valence-corrected chi connectivity index (χ4v) is 5.08. The van der Waals surface area contributed by atoms with E-state index < -0.39 is 22.0 Å². The zero-order valence-electron chi connectivity index (χ0n) is 17.1. The maximum atomic E-state index is 13.1. The third kappa shape index (κ3) is 6.53. The van der Waals surface area contributed by atoms with Gasteiger partial charge in [-0.2, -0.15) is 4.72 Å². The van der Waals surface area contributed by atoms with Gasteiger partial charge in [0.25, 0.3) is 0 Å². The van der Waals surface area contributed by atoms with Crippen LogP contribution < -0.4 is 14.8 Å². The van der Waals surface area contributed by atoms with Gasteiger partial charge in [0.2, 0.25) is 15.9 Å². The van der Waals surface area contributed by atoms with Crippen LogP contribution in [0.2, 0.25) is 20.1 Å². The van der Waals surface area contributed by atoms with Crippen LogP contribution in [0.25, 0.3) is 0 Å². The highest BCUT2D eigenvalue weighted by Gasteiger charge is 2.27. The van der Waals surface area contributed by atoms with E-state index in [1.165, 1.54) is 37.4 Å². The second-order valence-corrected chi connectivity index (χ2v) is 10.2. The van der Waals surface area contributed by atoms with Crippen LogP contribution in [-0.2, 0) is 21.2 Å². The van der Waals surface area contributed by atoms with Crippen molar-refractivity contribution in [2.24, 2.45) is 0 Å². The second kappa shape index (κ2) is 11.0. The van der Waals surface area contributed by atoms with Gasteiger partial charge in [-0.1, -0.05) is 76.7 Å². The van der Waals surface area contributed by atoms with Crippen molar-refractivity contribution in [1.82, 2.24) is 4.72 Å². The summed E-state index contributed by atoms with van der Waals surface area (Å²) in [6.07, 6.45) is 0.0781. The molecule has 0 fully saturated rings. The molecular weight excluding hydrogens is 530 g/mol. The summed E-state index contributed by atoms with van der Waals surface area (Å²) in [5.41, 5.74) is 0.939. The lowest BCUT2D eigenvalue weighted by atomic mass is 10.1. The topological polar surface area (TPSA) is 84.5 Å². The fraction of sp³-hybridized carbons (Fsp3) is 0.136. The molecule has 1 atom stereocenters. The SMILES string of the molecule is COc1ccc(S(=O)(=O)N[C@H](Cc2ccccc2)C(=O)Nc2cc(Cl)c(Cl)cc2Cl)cc1Cl. The van der Waals surface area contributed by atoms with E-state index in [0.717, 1.165) is 5.56 Å². The van der Waals surface area contributed by atoms with Gasteiger partial charge in [-0.25, -0.2) is 8.42 Å². The van der Waals surface area contributed by atoms with Crippen molar-refractivity contribution in [3.63, 3.8) is 0 Å². The molecule has 0 unspecified atom stereocenters. The number of anilines is 1. The molecule has 0 aliphatic carbocycles. The Labute approximate surface area is 211 Å². The van der Waals surface area contributed by atoms with Crippen molar-refractivity contribution in [3.8, 4) is 5.75 Å². The van der Waals surface area contributed by atoms with E-state index in [1.54, 1.807) is 24.3 Å². The number of sulfonamides is 1. The van der Waals surface area contributed by atoms with E-state index in [2.05, 4.69) is 10.0 Å². The lowest BCUT2D eigenvalue weighted by Gasteiger charge is -2.20. The van der Waals surface area contributed by atoms with Crippen molar-refractivity contribution in [3.05, 3.63) is 86.3 Å². The first-order chi connectivity index (χ1) is 15.6. The molecule has 174 valence electrons. The average Bonchev–Trinajstić information content (AvgIpc) is 2.77. The standard InChI is InChI=1S/C22H18Cl4N2O4S/c1-32-21-8-7-14(10-18(21)26)33(30,31)28-20(9-13-5-3-2-4-6-13)22(29)27-19-12-16(24)15(23)11-17(19)25/h2-8,10-12,20,28H,9H2,1H3,(H,27,29)/t20-/m1/s1. The van der Waals surface area contributed by atoms with E-state index in [0.29, 0.717) is 5.75 Å². The van der Waals surface area contributed by atoms with Gasteiger partial charge in [-0.15, -0.1) is 0 Å². The number of hydrogen-bond donors (Lipinski definition) is 2. The van der Waals surface area contributed by atoms with Crippen LogP contribution in [0.3, 0.4) is 0 Å². The van der Waals surface area contributed by atoms with Gasteiger partial charge in [-0.3, -0.25) is 4.79 Å². The number of amides is 1. The Kier molecular flexibility index (Phi) is 8.50. The third-order valence-electron chi connectivity index (χ3n) is 4.60. The summed E-state index contributed by atoms with van der Waals surface area (Å²) in [5.74, 6) is -0.314. The van der Waals surface area contributed by atoms with Gasteiger partial charge in [-0.05, 0) is 42.3 Å². The molecule has 0 saturated heterocycles. The number of nitrogens with one attached hydrogen (secondary N) is 2. The van der Waals surface area contributed by atoms with Gasteiger partial charge in [0, 0.05) is 0 Å². The normalized spacial score (nSPS) is 12.3. The maximum absolute atomic E-state index is 13.1. The van der Waals surface area contributed by atoms with Crippen molar-refractivity contribution in [2.45, 2.75) is 17.4 Å². The molecule has 6 nitrogen and oxygen atoms in total. The van der Waals surface area contributed by atoms with Crippen molar-refractivity contribution >= 4 is 68.0 Å². The Morgan fingerprint density at radius 1 is 0.909 bits per heavy atom. The van der Waals surface area contributed by atoms with E-state index in [4.69, 9.17) is 51.1 Å². The molecule has 0 radical (unpaired) electrons. The fourth-order valence-electron chi connectivity index (χ4n) is 2.95. The minimum atomic E-state index is -4.12. The van der Waals surface area contributed by atoms with Crippen LogP contribution in [0.15, 0.2) is 65.6 Å². The summed E-state index contributed by atoms with van der Waals surface area (Å²) in [7, 11) is -2.70. The molecule has 0 saturated carbocycles. The number of hydrogen-bond acceptors (Lipinski definition) is 4. The zero-order valence-corrected chi connectivity index (χ0v) is 21.0. The predicted octanol–water partition coefficient (Wildman–Crippen LogP) is 5.84. The third-order valence-corrected chi connectivity index (χ3v) is 7.40. The highest BCUT2D eigenvalue weighted by Crippen LogP contribution is 2.32. The number of halogens is 4. The Morgan fingerprint density at radius 2 is 1.58 bits per heavy atom. The Balaban J connectivity index is 1.91. The molecule has 0 spiro atoms. The summed E-state index contributed by atoms with van der Waals surface area (Å²) in [4.78, 5) is 13.0. The summed E-state index contributed by atoms with van der Waals surface area (Å²) >= 11 is 24.2. The van der Waals surface area contributed by atoms with Crippen LogP contribution in [0.4, 0.5) is 5.69 Å². The molecule has 3 aromatic carbocycles. The Hall–Kier alpha value is -2.00. The number of rotatable bonds is 8. The minimum Gasteiger partial charge on any atom is -0.495 e. The average molecular weight is 548 g/mol. The van der Waals surface area contributed by atoms with E-state index in [9.17, 15) is 13.2 Å². The highest BCUT2D eigenvalue weighted by atomic mass is 35.5. The van der Waals surface area contributed by atoms with Gasteiger partial charge < -0.3 is 10.1 Å². The van der Waals surface area contributed by atoms with Crippen molar-refractivity contribution in [2.75, 3.05) is 12.4 Å². The summed E-state index contributed by atoms with van der Waals surface area (Å²) < 4.78 is 33.6. The molecule has 33 heavy (non-hydrogen) atoms. The van der Waals surface area contributed by atoms with Crippen LogP contribution >= 0.6 is 46.4 Å². The van der Waals surface area contributed by atoms with E-state index in [-0.39, 0.29) is 37.1 Å². The molecule has 0 heterocycles. The lowest BCUT2D eigenvalue weighted by molar-refractivity contribution is -0.117. The van der Waals surface area contributed by atoms with Crippen LogP contribution in [0.5, 0.6) is 5.75 Å². The maximum Gasteiger partial charge on any atom is 0.242 e. The number of benzene rings is 3.